The summed E-state index contributed by atoms with van der Waals surface area (Å²) in [6.45, 7) is 0.277. The second-order valence-electron chi connectivity index (χ2n) is 4.52. The average Bonchev–Trinajstić information content (AvgIpc) is 3.04. The fraction of sp³-hybridized carbons (Fsp3) is 0.267. The number of carbonyl (C=O) groups is 1. The first kappa shape index (κ1) is 21.4. The van der Waals surface area contributed by atoms with Gasteiger partial charge in [0.1, 0.15) is 11.5 Å². The third-order valence-corrected chi connectivity index (χ3v) is 3.94. The Hall–Kier alpha value is -1.68. The van der Waals surface area contributed by atoms with Gasteiger partial charge in [0.15, 0.2) is 0 Å². The first-order valence-corrected chi connectivity index (χ1v) is 8.60. The van der Waals surface area contributed by atoms with Gasteiger partial charge in [-0.15, -0.1) is 0 Å². The quantitative estimate of drug-likeness (QED) is 0.564. The second-order valence-corrected chi connectivity index (χ2v) is 5.94. The number of hydrogen-bond acceptors (Lipinski definition) is 3. The minimum atomic E-state index is -4.37. The Morgan fingerprint density at radius 2 is 2.00 bits per heavy atom. The maximum atomic E-state index is 11.8. The van der Waals surface area contributed by atoms with Crippen molar-refractivity contribution in [2.24, 2.45) is 0 Å². The topological polar surface area (TPSA) is 71.7 Å². The van der Waals surface area contributed by atoms with Crippen LogP contribution in [0.2, 0.25) is 0 Å². The standard InChI is InChI=1S/C9H10BrNO3.C6H4BrF3O/c1-14-8-4-6(2-3-7(8)10)5-11-9(12)13;7-3-4-1-2-5(11-4)6(8,9)10/h2-4,11H,5H2,1H3,(H,12,13);1-2H,3H2. The number of halogens is 5. The Balaban J connectivity index is 0.000000257. The number of alkyl halides is 4. The summed E-state index contributed by atoms with van der Waals surface area (Å²) in [6, 6.07) is 7.62. The maximum absolute atomic E-state index is 11.8. The molecular formula is C15H14Br2F3NO4. The molecule has 0 aliphatic rings. The van der Waals surface area contributed by atoms with E-state index in [4.69, 9.17) is 9.84 Å². The lowest BCUT2D eigenvalue weighted by Crippen LogP contribution is -2.19. The molecule has 2 N–H and O–H groups in total. The summed E-state index contributed by atoms with van der Waals surface area (Å²) >= 11 is 6.29. The van der Waals surface area contributed by atoms with Crippen LogP contribution in [0.4, 0.5) is 18.0 Å². The Morgan fingerprint density at radius 1 is 1.32 bits per heavy atom. The van der Waals surface area contributed by atoms with Gasteiger partial charge in [0.25, 0.3) is 0 Å². The van der Waals surface area contributed by atoms with Crippen LogP contribution in [0.25, 0.3) is 0 Å². The summed E-state index contributed by atoms with van der Waals surface area (Å²) in [5.74, 6) is 0.0129. The summed E-state index contributed by atoms with van der Waals surface area (Å²) in [7, 11) is 1.56. The fourth-order valence-electron chi connectivity index (χ4n) is 1.59. The van der Waals surface area contributed by atoms with Crippen molar-refractivity contribution in [1.29, 1.82) is 0 Å². The molecule has 0 aliphatic heterocycles. The van der Waals surface area contributed by atoms with Crippen molar-refractivity contribution in [2.45, 2.75) is 18.1 Å². The van der Waals surface area contributed by atoms with E-state index in [1.165, 1.54) is 6.07 Å². The van der Waals surface area contributed by atoms with E-state index < -0.39 is 18.0 Å². The third-order valence-electron chi connectivity index (χ3n) is 2.73. The molecule has 0 fully saturated rings. The molecule has 0 saturated carbocycles. The number of furan rings is 1. The van der Waals surface area contributed by atoms with Gasteiger partial charge in [-0.1, -0.05) is 22.0 Å². The van der Waals surface area contributed by atoms with Crippen LogP contribution in [0.3, 0.4) is 0 Å². The third kappa shape index (κ3) is 7.39. The van der Waals surface area contributed by atoms with Gasteiger partial charge in [0.2, 0.25) is 5.76 Å². The van der Waals surface area contributed by atoms with E-state index in [0.717, 1.165) is 16.1 Å². The molecule has 0 unspecified atom stereocenters. The predicted molar refractivity (Wildman–Crippen MR) is 91.9 cm³/mol. The number of hydrogen-bond donors (Lipinski definition) is 2. The van der Waals surface area contributed by atoms with Crippen molar-refractivity contribution >= 4 is 38.0 Å². The van der Waals surface area contributed by atoms with Crippen LogP contribution < -0.4 is 10.1 Å². The number of carboxylic acid groups (broad SMARTS) is 1. The lowest BCUT2D eigenvalue weighted by molar-refractivity contribution is -0.153. The van der Waals surface area contributed by atoms with Gasteiger partial charge >= 0.3 is 12.3 Å². The minimum absolute atomic E-state index is 0.275. The summed E-state index contributed by atoms with van der Waals surface area (Å²) in [6.07, 6.45) is -5.41. The van der Waals surface area contributed by atoms with Gasteiger partial charge < -0.3 is 19.6 Å². The summed E-state index contributed by atoms with van der Waals surface area (Å²) < 4.78 is 45.8. The fourth-order valence-corrected chi connectivity index (χ4v) is 2.30. The van der Waals surface area contributed by atoms with E-state index in [-0.39, 0.29) is 12.3 Å². The van der Waals surface area contributed by atoms with Crippen LogP contribution in [-0.2, 0) is 18.1 Å². The molecule has 0 bridgehead atoms. The van der Waals surface area contributed by atoms with E-state index in [1.807, 2.05) is 12.1 Å². The average molecular weight is 489 g/mol. The zero-order valence-corrected chi connectivity index (χ0v) is 16.0. The zero-order valence-electron chi connectivity index (χ0n) is 12.9. The van der Waals surface area contributed by atoms with Gasteiger partial charge in [-0.3, -0.25) is 0 Å². The lowest BCUT2D eigenvalue weighted by Gasteiger charge is -2.06. The van der Waals surface area contributed by atoms with Crippen molar-refractivity contribution in [1.82, 2.24) is 5.32 Å². The molecule has 25 heavy (non-hydrogen) atoms. The van der Waals surface area contributed by atoms with Gasteiger partial charge in [0.05, 0.1) is 16.9 Å². The van der Waals surface area contributed by atoms with Crippen molar-refractivity contribution < 1.29 is 32.2 Å². The molecule has 10 heteroatoms. The lowest BCUT2D eigenvalue weighted by atomic mass is 10.2. The van der Waals surface area contributed by atoms with Crippen LogP contribution in [0.5, 0.6) is 5.75 Å². The van der Waals surface area contributed by atoms with Crippen molar-refractivity contribution in [2.75, 3.05) is 7.11 Å². The number of ether oxygens (including phenoxy) is 1. The van der Waals surface area contributed by atoms with E-state index in [0.29, 0.717) is 11.1 Å². The predicted octanol–water partition coefficient (Wildman–Crippen LogP) is 5.42. The summed E-state index contributed by atoms with van der Waals surface area (Å²) in [5, 5.41) is 11.0. The molecule has 0 atom stereocenters. The molecule has 138 valence electrons. The molecule has 2 rings (SSSR count). The normalized spacial score (nSPS) is 10.6. The summed E-state index contributed by atoms with van der Waals surface area (Å²) in [4.78, 5) is 10.2. The van der Waals surface area contributed by atoms with Crippen molar-refractivity contribution in [3.05, 3.63) is 51.9 Å². The highest BCUT2D eigenvalue weighted by Crippen LogP contribution is 2.30. The highest BCUT2D eigenvalue weighted by Gasteiger charge is 2.34. The maximum Gasteiger partial charge on any atom is 0.449 e. The van der Waals surface area contributed by atoms with Gasteiger partial charge in [-0.25, -0.2) is 4.79 Å². The number of benzene rings is 1. The molecule has 0 radical (unpaired) electrons. The first-order chi connectivity index (χ1) is 11.7. The zero-order chi connectivity index (χ0) is 19.0. The molecule has 2 aromatic rings. The largest absolute Gasteiger partial charge is 0.496 e. The Bertz CT molecular complexity index is 704. The number of rotatable bonds is 4. The second kappa shape index (κ2) is 9.71. The smallest absolute Gasteiger partial charge is 0.449 e. The summed E-state index contributed by atoms with van der Waals surface area (Å²) in [5.41, 5.74) is 0.854. The van der Waals surface area contributed by atoms with E-state index in [1.54, 1.807) is 13.2 Å². The van der Waals surface area contributed by atoms with Crippen molar-refractivity contribution in [3.63, 3.8) is 0 Å². The van der Waals surface area contributed by atoms with Gasteiger partial charge in [0, 0.05) is 6.54 Å². The molecule has 5 nitrogen and oxygen atoms in total. The van der Waals surface area contributed by atoms with Crippen LogP contribution in [0.1, 0.15) is 17.1 Å². The molecule has 1 amide bonds. The van der Waals surface area contributed by atoms with E-state index >= 15 is 0 Å². The van der Waals surface area contributed by atoms with E-state index in [9.17, 15) is 18.0 Å². The minimum Gasteiger partial charge on any atom is -0.496 e. The van der Waals surface area contributed by atoms with Crippen LogP contribution in [0.15, 0.2) is 39.2 Å². The van der Waals surface area contributed by atoms with Crippen molar-refractivity contribution in [3.8, 4) is 5.75 Å². The molecule has 0 spiro atoms. The van der Waals surface area contributed by atoms with Gasteiger partial charge in [-0.05, 0) is 45.8 Å². The molecule has 0 aliphatic carbocycles. The number of amides is 1. The highest BCUT2D eigenvalue weighted by molar-refractivity contribution is 9.10. The highest BCUT2D eigenvalue weighted by atomic mass is 79.9. The number of nitrogens with one attached hydrogen (secondary N) is 1. The molecule has 0 saturated heterocycles. The first-order valence-electron chi connectivity index (χ1n) is 6.68. The van der Waals surface area contributed by atoms with Crippen LogP contribution in [-0.4, -0.2) is 18.3 Å². The molecule has 1 aromatic carbocycles. The molecule has 1 aromatic heterocycles. The molecule has 1 heterocycles. The number of methoxy groups -OCH3 is 1. The SMILES string of the molecule is COc1cc(CNC(=O)O)ccc1Br.FC(F)(F)c1ccc(CBr)o1. The molecular weight excluding hydrogens is 475 g/mol. The van der Waals surface area contributed by atoms with Crippen LogP contribution >= 0.6 is 31.9 Å². The van der Waals surface area contributed by atoms with Crippen LogP contribution in [0, 0.1) is 0 Å². The van der Waals surface area contributed by atoms with E-state index in [2.05, 4.69) is 41.6 Å². The Labute approximate surface area is 158 Å². The Kier molecular flexibility index (Phi) is 8.30. The Morgan fingerprint density at radius 3 is 2.44 bits per heavy atom. The van der Waals surface area contributed by atoms with Gasteiger partial charge in [-0.2, -0.15) is 13.2 Å². The monoisotopic (exact) mass is 487 g/mol.